The van der Waals surface area contributed by atoms with Crippen molar-refractivity contribution in [3.63, 3.8) is 0 Å². The minimum absolute atomic E-state index is 0.110. The van der Waals surface area contributed by atoms with Crippen LogP contribution in [-0.4, -0.2) is 161 Å². The van der Waals surface area contributed by atoms with Crippen LogP contribution >= 0.6 is 0 Å². The van der Waals surface area contributed by atoms with E-state index in [2.05, 4.69) is 82.0 Å². The standard InChI is InChI=1S/C56H79N9O8/c1-12-64-45-19-18-39-30-41(45)42(49(64)40-16-13-23-57-47(40)37(4)71-11)31-54(5,6)35-72-53(70)43-17-14-26-65(59-43)52(69)44(32-56(9)34-62(39)28-29-73-56)58-50(67)48(36(2)3)60(10)51(68)38-21-27-61(33-38)46(66)20-22-55(7,8)63-24-15-25-63/h13,16,18-19,23,30,36-38,43-44,48,59H,12,14-15,17,21,24-29,31-35H2,1-11H3,(H,58,67)/t37-,38-,43-,44-,48-,56-/m0/s1. The monoisotopic (exact) mass is 1010 g/mol. The van der Waals surface area contributed by atoms with Crippen molar-refractivity contribution in [3.8, 4) is 23.1 Å². The first kappa shape index (κ1) is 53.7. The Hall–Kier alpha value is -5.54. The van der Waals surface area contributed by atoms with Crippen molar-refractivity contribution < 1.29 is 38.2 Å². The normalized spacial score (nSPS) is 24.8. The molecule has 1 aromatic carbocycles. The lowest BCUT2D eigenvalue weighted by atomic mass is 9.84. The van der Waals surface area contributed by atoms with E-state index < -0.39 is 58.4 Å². The minimum atomic E-state index is -1.10. The van der Waals surface area contributed by atoms with Gasteiger partial charge in [0, 0.05) is 107 Å². The van der Waals surface area contributed by atoms with Gasteiger partial charge in [0.05, 0.1) is 47.8 Å². The fourth-order valence-electron chi connectivity index (χ4n) is 11.6. The first-order chi connectivity index (χ1) is 34.6. The number of hydrogen-bond acceptors (Lipinski definition) is 12. The number of nitrogens with zero attached hydrogens (tertiary/aromatic N) is 7. The average molecular weight is 1010 g/mol. The summed E-state index contributed by atoms with van der Waals surface area (Å²) in [6.45, 7) is 23.2. The number of pyridine rings is 1. The second-order valence-electron chi connectivity index (χ2n) is 22.9. The molecule has 5 aliphatic heterocycles. The number of anilines is 1. The molecule has 396 valence electrons. The molecule has 5 aliphatic rings. The van der Waals surface area contributed by atoms with E-state index in [0.29, 0.717) is 65.0 Å². The number of aromatic nitrogens is 2. The number of hydrogen-bond donors (Lipinski definition) is 2. The van der Waals surface area contributed by atoms with E-state index in [9.17, 15) is 24.0 Å². The van der Waals surface area contributed by atoms with Crippen LogP contribution in [0.4, 0.5) is 5.69 Å². The molecule has 73 heavy (non-hydrogen) atoms. The summed E-state index contributed by atoms with van der Waals surface area (Å²) >= 11 is 0. The van der Waals surface area contributed by atoms with Gasteiger partial charge in [-0.1, -0.05) is 33.6 Å². The Morgan fingerprint density at radius 1 is 1.04 bits per heavy atom. The molecule has 6 atom stereocenters. The zero-order valence-electron chi connectivity index (χ0n) is 45.1. The minimum Gasteiger partial charge on any atom is -0.464 e. The van der Waals surface area contributed by atoms with Gasteiger partial charge in [-0.2, -0.15) is 0 Å². The molecule has 4 saturated heterocycles. The largest absolute Gasteiger partial charge is 0.464 e. The molecule has 0 saturated carbocycles. The summed E-state index contributed by atoms with van der Waals surface area (Å²) in [5, 5.41) is 5.64. The zero-order valence-corrected chi connectivity index (χ0v) is 45.1. The van der Waals surface area contributed by atoms with Crippen LogP contribution in [0.15, 0.2) is 36.5 Å². The number of methoxy groups -OCH3 is 1. The summed E-state index contributed by atoms with van der Waals surface area (Å²) in [4.78, 5) is 83.9. The molecule has 4 amide bonds. The Morgan fingerprint density at radius 3 is 2.51 bits per heavy atom. The molecule has 2 aromatic heterocycles. The summed E-state index contributed by atoms with van der Waals surface area (Å²) in [6.07, 6.45) is 4.81. The number of morpholine rings is 1. The van der Waals surface area contributed by atoms with Crippen LogP contribution in [-0.2, 0) is 51.1 Å². The highest BCUT2D eigenvalue weighted by Gasteiger charge is 2.44. The molecule has 6 bridgehead atoms. The van der Waals surface area contributed by atoms with Crippen molar-refractivity contribution in [2.75, 3.05) is 78.1 Å². The van der Waals surface area contributed by atoms with E-state index in [1.807, 2.05) is 47.6 Å². The van der Waals surface area contributed by atoms with Crippen molar-refractivity contribution in [2.45, 2.75) is 143 Å². The topological polar surface area (TPSA) is 171 Å². The van der Waals surface area contributed by atoms with E-state index >= 15 is 0 Å². The molecule has 17 heteroatoms. The van der Waals surface area contributed by atoms with Crippen LogP contribution in [0.5, 0.6) is 0 Å². The molecule has 0 radical (unpaired) electrons. The molecule has 3 aromatic rings. The van der Waals surface area contributed by atoms with Gasteiger partial charge in [0.2, 0.25) is 11.8 Å². The summed E-state index contributed by atoms with van der Waals surface area (Å²) in [5.41, 5.74) is 7.41. The first-order valence-electron chi connectivity index (χ1n) is 26.5. The lowest BCUT2D eigenvalue weighted by Crippen LogP contribution is -2.64. The van der Waals surface area contributed by atoms with Gasteiger partial charge in [0.1, 0.15) is 18.1 Å². The lowest BCUT2D eigenvalue weighted by molar-refractivity contribution is -0.156. The van der Waals surface area contributed by atoms with E-state index in [0.717, 1.165) is 58.6 Å². The number of rotatable bonds is 10. The number of carbonyl (C=O) groups excluding carboxylic acids is 5. The number of carbonyl (C=O) groups is 5. The molecule has 0 spiro atoms. The average Bonchev–Trinajstić information content (AvgIpc) is 3.96. The lowest BCUT2D eigenvalue weighted by Gasteiger charge is -2.44. The highest BCUT2D eigenvalue weighted by Crippen LogP contribution is 2.42. The maximum atomic E-state index is 15.0. The maximum Gasteiger partial charge on any atom is 0.324 e. The molecule has 0 aliphatic carbocycles. The van der Waals surface area contributed by atoms with E-state index in [4.69, 9.17) is 19.2 Å². The number of ether oxygens (including phenoxy) is 3. The van der Waals surface area contributed by atoms with Crippen LogP contribution in [0.25, 0.3) is 22.2 Å². The third-order valence-electron chi connectivity index (χ3n) is 15.9. The van der Waals surface area contributed by atoms with Crippen molar-refractivity contribution >= 4 is 46.2 Å². The van der Waals surface area contributed by atoms with Gasteiger partial charge in [-0.15, -0.1) is 0 Å². The Kier molecular flexibility index (Phi) is 16.0. The third-order valence-corrected chi connectivity index (χ3v) is 15.9. The summed E-state index contributed by atoms with van der Waals surface area (Å²) in [6, 6.07) is 7.81. The molecule has 7 heterocycles. The Morgan fingerprint density at radius 2 is 1.81 bits per heavy atom. The van der Waals surface area contributed by atoms with E-state index in [1.54, 1.807) is 25.3 Å². The number of aryl methyl sites for hydroxylation is 1. The van der Waals surface area contributed by atoms with Crippen LogP contribution in [0.2, 0.25) is 0 Å². The number of fused-ring (bicyclic) bond motifs is 6. The highest BCUT2D eigenvalue weighted by atomic mass is 16.5. The highest BCUT2D eigenvalue weighted by molar-refractivity contribution is 5.96. The zero-order chi connectivity index (χ0) is 52.6. The maximum absolute atomic E-state index is 15.0. The summed E-state index contributed by atoms with van der Waals surface area (Å²) in [7, 11) is 3.32. The van der Waals surface area contributed by atoms with Crippen LogP contribution in [0.3, 0.4) is 0 Å². The van der Waals surface area contributed by atoms with Gasteiger partial charge < -0.3 is 38.8 Å². The predicted molar refractivity (Wildman–Crippen MR) is 280 cm³/mol. The molecule has 2 N–H and O–H groups in total. The number of likely N-dealkylation sites (tertiary alicyclic amines) is 2. The summed E-state index contributed by atoms with van der Waals surface area (Å²) in [5.74, 6) is 3.24. The van der Waals surface area contributed by atoms with E-state index in [1.165, 1.54) is 9.91 Å². The Bertz CT molecular complexity index is 2630. The molecule has 8 rings (SSSR count). The second-order valence-corrected chi connectivity index (χ2v) is 22.9. The number of cyclic esters (lactones) is 1. The van der Waals surface area contributed by atoms with Crippen molar-refractivity contribution in [2.24, 2.45) is 17.3 Å². The number of nitrogens with one attached hydrogen (secondary N) is 2. The van der Waals surface area contributed by atoms with E-state index in [-0.39, 0.29) is 43.4 Å². The third kappa shape index (κ3) is 11.4. The van der Waals surface area contributed by atoms with Crippen LogP contribution in [0, 0.1) is 29.1 Å². The van der Waals surface area contributed by atoms with Gasteiger partial charge in [-0.3, -0.25) is 38.9 Å². The molecular formula is C56H79N9O8. The van der Waals surface area contributed by atoms with Crippen molar-refractivity contribution in [1.82, 2.24) is 40.0 Å². The van der Waals surface area contributed by atoms with Crippen molar-refractivity contribution in [1.29, 1.82) is 0 Å². The van der Waals surface area contributed by atoms with Gasteiger partial charge >= 0.3 is 5.97 Å². The van der Waals surface area contributed by atoms with Gasteiger partial charge in [0.15, 0.2) is 0 Å². The van der Waals surface area contributed by atoms with Gasteiger partial charge in [0.25, 0.3) is 11.8 Å². The number of benzene rings is 1. The first-order valence-corrected chi connectivity index (χ1v) is 26.5. The van der Waals surface area contributed by atoms with Crippen molar-refractivity contribution in [3.05, 3.63) is 47.8 Å². The molecule has 0 unspecified atom stereocenters. The molecule has 4 fully saturated rings. The smallest absolute Gasteiger partial charge is 0.324 e. The second kappa shape index (κ2) is 21.7. The number of esters is 1. The van der Waals surface area contributed by atoms with Gasteiger partial charge in [-0.25, -0.2) is 5.43 Å². The SMILES string of the molecule is CCn1c(-c2cccnc2[C@H](C)OC)c2c3cc(ccc31)N1CCO[C@@](C)(C[C@H](NC(=O)[C@H](C(C)C)N(C)C(=O)[C@H]3CCN(C(=O)C#CC(C)(C)N4CCC4)C3)C(=O)N3CCC[C@H](N3)C(=O)OCC(C)(C)C2)C1. The quantitative estimate of drug-likeness (QED) is 0.198. The number of likely N-dealkylation sites (N-methyl/N-ethyl adjacent to an activating group) is 1. The molecule has 17 nitrogen and oxygen atoms in total. The number of hydrazine groups is 1. The Balaban J connectivity index is 1.09. The summed E-state index contributed by atoms with van der Waals surface area (Å²) < 4.78 is 21.0. The van der Waals surface area contributed by atoms with Gasteiger partial charge in [-0.05, 0) is 114 Å². The fourth-order valence-corrected chi connectivity index (χ4v) is 11.6. The molecular weight excluding hydrogens is 927 g/mol. The van der Waals surface area contributed by atoms with Crippen LogP contribution < -0.4 is 15.6 Å². The number of amides is 4. The predicted octanol–water partition coefficient (Wildman–Crippen LogP) is 5.34. The fraction of sp³-hybridized carbons (Fsp3) is 0.643. The van der Waals surface area contributed by atoms with Crippen LogP contribution in [0.1, 0.15) is 112 Å². The Labute approximate surface area is 431 Å².